The standard InChI is InChI=1S/C18H20N4O/c1-2-3-7-12-22-16(23)11-10-14-13-19-18(21-17(14)22)20-15-8-5-4-6-9-15/h4-6,8-11,13H,2-3,7,12H2,1H3,(H,19,20,21). The summed E-state index contributed by atoms with van der Waals surface area (Å²) in [6, 6.07) is 13.1. The molecule has 0 saturated carbocycles. The second-order valence-corrected chi connectivity index (χ2v) is 5.49. The molecule has 3 aromatic rings. The molecule has 0 radical (unpaired) electrons. The minimum Gasteiger partial charge on any atom is -0.324 e. The number of para-hydroxylation sites is 1. The molecule has 0 bridgehead atoms. The van der Waals surface area contributed by atoms with Crippen LogP contribution in [0.15, 0.2) is 53.5 Å². The lowest BCUT2D eigenvalue weighted by Crippen LogP contribution is -2.20. The number of unbranched alkanes of at least 4 members (excludes halogenated alkanes) is 2. The predicted molar refractivity (Wildman–Crippen MR) is 93.0 cm³/mol. The number of aromatic nitrogens is 3. The lowest BCUT2D eigenvalue weighted by molar-refractivity contribution is 0.599. The fourth-order valence-electron chi connectivity index (χ4n) is 2.52. The second kappa shape index (κ2) is 7.05. The summed E-state index contributed by atoms with van der Waals surface area (Å²) >= 11 is 0. The number of hydrogen-bond acceptors (Lipinski definition) is 4. The molecule has 0 spiro atoms. The summed E-state index contributed by atoms with van der Waals surface area (Å²) in [6.45, 7) is 2.84. The van der Waals surface area contributed by atoms with Crippen molar-refractivity contribution in [3.05, 3.63) is 59.0 Å². The number of hydrogen-bond donors (Lipinski definition) is 1. The van der Waals surface area contributed by atoms with E-state index >= 15 is 0 Å². The molecule has 23 heavy (non-hydrogen) atoms. The Balaban J connectivity index is 1.96. The van der Waals surface area contributed by atoms with Crippen molar-refractivity contribution in [1.82, 2.24) is 14.5 Å². The molecule has 3 rings (SSSR count). The first kappa shape index (κ1) is 15.2. The van der Waals surface area contributed by atoms with Crippen LogP contribution >= 0.6 is 0 Å². The van der Waals surface area contributed by atoms with Gasteiger partial charge in [0.1, 0.15) is 5.65 Å². The molecule has 2 aromatic heterocycles. The van der Waals surface area contributed by atoms with Crippen LogP contribution in [0.5, 0.6) is 0 Å². The lowest BCUT2D eigenvalue weighted by atomic mass is 10.2. The van der Waals surface area contributed by atoms with Crippen LogP contribution in [0.3, 0.4) is 0 Å². The van der Waals surface area contributed by atoms with Crippen LogP contribution in [-0.2, 0) is 6.54 Å². The first-order chi connectivity index (χ1) is 11.3. The predicted octanol–water partition coefficient (Wildman–Crippen LogP) is 3.73. The van der Waals surface area contributed by atoms with E-state index in [2.05, 4.69) is 22.2 Å². The van der Waals surface area contributed by atoms with Gasteiger partial charge >= 0.3 is 0 Å². The van der Waals surface area contributed by atoms with Gasteiger partial charge in [-0.05, 0) is 24.6 Å². The van der Waals surface area contributed by atoms with Gasteiger partial charge in [-0.1, -0.05) is 38.0 Å². The topological polar surface area (TPSA) is 59.8 Å². The Morgan fingerprint density at radius 2 is 1.91 bits per heavy atom. The van der Waals surface area contributed by atoms with Gasteiger partial charge in [0.05, 0.1) is 0 Å². The summed E-state index contributed by atoms with van der Waals surface area (Å²) in [4.78, 5) is 21.1. The molecule has 0 atom stereocenters. The summed E-state index contributed by atoms with van der Waals surface area (Å²) in [6.07, 6.45) is 4.95. The van der Waals surface area contributed by atoms with Gasteiger partial charge in [0, 0.05) is 29.9 Å². The Hall–Kier alpha value is -2.69. The molecule has 118 valence electrons. The van der Waals surface area contributed by atoms with Crippen molar-refractivity contribution in [3.8, 4) is 0 Å². The third-order valence-electron chi connectivity index (χ3n) is 3.74. The van der Waals surface area contributed by atoms with Crippen LogP contribution in [0.25, 0.3) is 11.0 Å². The van der Waals surface area contributed by atoms with Gasteiger partial charge in [0.15, 0.2) is 0 Å². The first-order valence-corrected chi connectivity index (χ1v) is 7.96. The highest BCUT2D eigenvalue weighted by Crippen LogP contribution is 2.15. The largest absolute Gasteiger partial charge is 0.324 e. The van der Waals surface area contributed by atoms with Crippen molar-refractivity contribution >= 4 is 22.7 Å². The van der Waals surface area contributed by atoms with Crippen molar-refractivity contribution < 1.29 is 0 Å². The molecule has 0 aliphatic rings. The van der Waals surface area contributed by atoms with Crippen LogP contribution in [0.4, 0.5) is 11.6 Å². The Labute approximate surface area is 135 Å². The molecule has 0 aliphatic heterocycles. The van der Waals surface area contributed by atoms with Gasteiger partial charge in [-0.25, -0.2) is 4.98 Å². The maximum Gasteiger partial charge on any atom is 0.252 e. The highest BCUT2D eigenvalue weighted by molar-refractivity contribution is 5.75. The molecule has 0 saturated heterocycles. The summed E-state index contributed by atoms with van der Waals surface area (Å²) in [7, 11) is 0. The van der Waals surface area contributed by atoms with E-state index < -0.39 is 0 Å². The quantitative estimate of drug-likeness (QED) is 0.705. The van der Waals surface area contributed by atoms with Crippen molar-refractivity contribution in [1.29, 1.82) is 0 Å². The van der Waals surface area contributed by atoms with Gasteiger partial charge in [-0.2, -0.15) is 4.98 Å². The molecule has 5 heteroatoms. The Morgan fingerprint density at radius 3 is 2.70 bits per heavy atom. The molecular formula is C18H20N4O. The molecule has 5 nitrogen and oxygen atoms in total. The zero-order valence-electron chi connectivity index (χ0n) is 13.2. The minimum atomic E-state index is -0.0158. The number of anilines is 2. The molecule has 1 aromatic carbocycles. The normalized spacial score (nSPS) is 10.8. The van der Waals surface area contributed by atoms with E-state index in [-0.39, 0.29) is 5.56 Å². The number of nitrogens with one attached hydrogen (secondary N) is 1. The number of rotatable bonds is 6. The van der Waals surface area contributed by atoms with Crippen LogP contribution in [0.2, 0.25) is 0 Å². The van der Waals surface area contributed by atoms with Gasteiger partial charge in [-0.3, -0.25) is 9.36 Å². The molecular weight excluding hydrogens is 288 g/mol. The molecule has 1 N–H and O–H groups in total. The number of aryl methyl sites for hydroxylation is 1. The van der Waals surface area contributed by atoms with Crippen LogP contribution in [-0.4, -0.2) is 14.5 Å². The zero-order valence-corrected chi connectivity index (χ0v) is 13.2. The van der Waals surface area contributed by atoms with Crippen LogP contribution in [0, 0.1) is 0 Å². The fraction of sp³-hybridized carbons (Fsp3) is 0.278. The summed E-state index contributed by atoms with van der Waals surface area (Å²) in [5.74, 6) is 0.499. The van der Waals surface area contributed by atoms with Gasteiger partial charge in [0.25, 0.3) is 5.56 Å². The van der Waals surface area contributed by atoms with Crippen molar-refractivity contribution in [2.45, 2.75) is 32.7 Å². The lowest BCUT2D eigenvalue weighted by Gasteiger charge is -2.10. The number of pyridine rings is 1. The maximum atomic E-state index is 12.2. The van der Waals surface area contributed by atoms with E-state index in [1.54, 1.807) is 22.9 Å². The molecule has 0 amide bonds. The number of nitrogens with zero attached hydrogens (tertiary/aromatic N) is 3. The summed E-state index contributed by atoms with van der Waals surface area (Å²) < 4.78 is 1.74. The van der Waals surface area contributed by atoms with Crippen molar-refractivity contribution in [2.24, 2.45) is 0 Å². The van der Waals surface area contributed by atoms with Crippen LogP contribution < -0.4 is 10.9 Å². The van der Waals surface area contributed by atoms with Crippen molar-refractivity contribution in [2.75, 3.05) is 5.32 Å². The Kier molecular flexibility index (Phi) is 4.66. The minimum absolute atomic E-state index is 0.0158. The second-order valence-electron chi connectivity index (χ2n) is 5.49. The SMILES string of the molecule is CCCCCn1c(=O)ccc2cnc(Nc3ccccc3)nc21. The summed E-state index contributed by atoms with van der Waals surface area (Å²) in [5, 5.41) is 4.05. The molecule has 0 unspecified atom stereocenters. The van der Waals surface area contributed by atoms with Crippen LogP contribution in [0.1, 0.15) is 26.2 Å². The number of benzene rings is 1. The van der Waals surface area contributed by atoms with E-state index in [1.165, 1.54) is 0 Å². The zero-order chi connectivity index (χ0) is 16.1. The van der Waals surface area contributed by atoms with Gasteiger partial charge < -0.3 is 5.32 Å². The first-order valence-electron chi connectivity index (χ1n) is 7.96. The monoisotopic (exact) mass is 308 g/mol. The third-order valence-corrected chi connectivity index (χ3v) is 3.74. The van der Waals surface area contributed by atoms with Gasteiger partial charge in [-0.15, -0.1) is 0 Å². The average molecular weight is 308 g/mol. The van der Waals surface area contributed by atoms with E-state index in [1.807, 2.05) is 30.3 Å². The molecule has 2 heterocycles. The molecule has 0 fully saturated rings. The Morgan fingerprint density at radius 1 is 1.09 bits per heavy atom. The average Bonchev–Trinajstić information content (AvgIpc) is 2.58. The third kappa shape index (κ3) is 3.56. The summed E-state index contributed by atoms with van der Waals surface area (Å²) in [5.41, 5.74) is 1.59. The fourth-order valence-corrected chi connectivity index (χ4v) is 2.52. The highest BCUT2D eigenvalue weighted by Gasteiger charge is 2.07. The van der Waals surface area contributed by atoms with Gasteiger partial charge in [0.2, 0.25) is 5.95 Å². The smallest absolute Gasteiger partial charge is 0.252 e. The van der Waals surface area contributed by atoms with E-state index in [0.29, 0.717) is 18.1 Å². The Bertz CT molecular complexity index is 843. The number of fused-ring (bicyclic) bond motifs is 1. The maximum absolute atomic E-state index is 12.2. The molecule has 0 aliphatic carbocycles. The van der Waals surface area contributed by atoms with E-state index in [4.69, 9.17) is 0 Å². The van der Waals surface area contributed by atoms with Crippen molar-refractivity contribution in [3.63, 3.8) is 0 Å². The van der Waals surface area contributed by atoms with E-state index in [0.717, 1.165) is 30.3 Å². The van der Waals surface area contributed by atoms with E-state index in [9.17, 15) is 4.79 Å². The highest BCUT2D eigenvalue weighted by atomic mass is 16.1.